The van der Waals surface area contributed by atoms with Gasteiger partial charge < -0.3 is 0 Å². The lowest BCUT2D eigenvalue weighted by atomic mass is 10.0. The smallest absolute Gasteiger partial charge is 0.223 e. The van der Waals surface area contributed by atoms with Crippen molar-refractivity contribution in [2.45, 2.75) is 19.3 Å². The minimum Gasteiger partial charge on any atom is -0.223 e. The van der Waals surface area contributed by atoms with Gasteiger partial charge in [-0.2, -0.15) is 31.4 Å². The summed E-state index contributed by atoms with van der Waals surface area (Å²) in [5.41, 5.74) is -2.17. The number of alkyl halides is 6. The molecule has 4 rings (SSSR count). The Morgan fingerprint density at radius 1 is 0.800 bits per heavy atom. The van der Waals surface area contributed by atoms with E-state index in [1.54, 1.807) is 42.5 Å². The van der Waals surface area contributed by atoms with E-state index in [0.29, 0.717) is 11.3 Å². The SMILES string of the molecule is Cc1ccc(-c2nn(-c3ccccc3)c3nc(C(F)(F)F)cc(C(F)(F)F)c23)cc1. The zero-order chi connectivity index (χ0) is 21.7. The summed E-state index contributed by atoms with van der Waals surface area (Å²) in [5, 5.41) is 3.76. The van der Waals surface area contributed by atoms with Crippen molar-refractivity contribution < 1.29 is 26.3 Å². The van der Waals surface area contributed by atoms with Crippen LogP contribution >= 0.6 is 0 Å². The first-order valence-corrected chi connectivity index (χ1v) is 8.76. The molecule has 2 heterocycles. The molecule has 30 heavy (non-hydrogen) atoms. The van der Waals surface area contributed by atoms with Crippen LogP contribution in [0.15, 0.2) is 60.7 Å². The van der Waals surface area contributed by atoms with E-state index >= 15 is 0 Å². The maximum atomic E-state index is 13.8. The van der Waals surface area contributed by atoms with Crippen molar-refractivity contribution in [2.75, 3.05) is 0 Å². The van der Waals surface area contributed by atoms with Gasteiger partial charge in [0.15, 0.2) is 5.65 Å². The largest absolute Gasteiger partial charge is 0.433 e. The van der Waals surface area contributed by atoms with Crippen molar-refractivity contribution >= 4 is 11.0 Å². The number of aromatic nitrogens is 3. The van der Waals surface area contributed by atoms with Gasteiger partial charge in [0, 0.05) is 5.56 Å². The Hall–Kier alpha value is -3.36. The standard InChI is InChI=1S/C21H13F6N3/c1-12-7-9-13(10-8-12)18-17-15(20(22,23)24)11-16(21(25,26)27)28-19(17)30(29-18)14-5-3-2-4-6-14/h2-11H,1H3. The van der Waals surface area contributed by atoms with Gasteiger partial charge in [0.1, 0.15) is 11.4 Å². The first-order valence-electron chi connectivity index (χ1n) is 8.76. The minimum atomic E-state index is -5.05. The third-order valence-electron chi connectivity index (χ3n) is 4.56. The maximum absolute atomic E-state index is 13.8. The first-order chi connectivity index (χ1) is 14.1. The van der Waals surface area contributed by atoms with Crippen LogP contribution in [0.3, 0.4) is 0 Å². The van der Waals surface area contributed by atoms with Gasteiger partial charge in [0.2, 0.25) is 0 Å². The van der Waals surface area contributed by atoms with Crippen molar-refractivity contribution in [3.8, 4) is 16.9 Å². The van der Waals surface area contributed by atoms with Crippen molar-refractivity contribution in [3.63, 3.8) is 0 Å². The van der Waals surface area contributed by atoms with Crippen LogP contribution < -0.4 is 0 Å². The lowest BCUT2D eigenvalue weighted by molar-refractivity contribution is -0.144. The van der Waals surface area contributed by atoms with E-state index in [1.165, 1.54) is 12.1 Å². The van der Waals surface area contributed by atoms with E-state index in [0.717, 1.165) is 10.2 Å². The van der Waals surface area contributed by atoms with Gasteiger partial charge in [0.25, 0.3) is 0 Å². The fraction of sp³-hybridized carbons (Fsp3) is 0.143. The average molecular weight is 421 g/mol. The van der Waals surface area contributed by atoms with Crippen molar-refractivity contribution in [1.82, 2.24) is 14.8 Å². The number of hydrogen-bond donors (Lipinski definition) is 0. The topological polar surface area (TPSA) is 30.7 Å². The summed E-state index contributed by atoms with van der Waals surface area (Å²) in [5.74, 6) is 0. The van der Waals surface area contributed by atoms with Gasteiger partial charge in [-0.3, -0.25) is 0 Å². The Labute approximate surface area is 166 Å². The second-order valence-electron chi connectivity index (χ2n) is 6.71. The molecule has 0 fully saturated rings. The predicted molar refractivity (Wildman–Crippen MR) is 99.0 cm³/mol. The molecule has 0 bridgehead atoms. The first kappa shape index (κ1) is 19.9. The molecular weight excluding hydrogens is 408 g/mol. The number of para-hydroxylation sites is 1. The van der Waals surface area contributed by atoms with E-state index in [9.17, 15) is 26.3 Å². The molecule has 0 radical (unpaired) electrons. The Balaban J connectivity index is 2.15. The quantitative estimate of drug-likeness (QED) is 0.349. The van der Waals surface area contributed by atoms with Gasteiger partial charge in [-0.15, -0.1) is 0 Å². The minimum absolute atomic E-state index is 0.0387. The summed E-state index contributed by atoms with van der Waals surface area (Å²) in [6, 6.07) is 14.5. The molecule has 0 aliphatic carbocycles. The molecule has 0 aliphatic rings. The number of pyridine rings is 1. The summed E-state index contributed by atoms with van der Waals surface area (Å²) < 4.78 is 82.5. The summed E-state index contributed by atoms with van der Waals surface area (Å²) in [7, 11) is 0. The van der Waals surface area contributed by atoms with Crippen LogP contribution in [0, 0.1) is 6.92 Å². The van der Waals surface area contributed by atoms with Crippen LogP contribution in [0.5, 0.6) is 0 Å². The zero-order valence-corrected chi connectivity index (χ0v) is 15.4. The van der Waals surface area contributed by atoms with Gasteiger partial charge >= 0.3 is 12.4 Å². The lowest BCUT2D eigenvalue weighted by Gasteiger charge is -2.13. The molecule has 0 atom stereocenters. The number of hydrogen-bond acceptors (Lipinski definition) is 2. The molecule has 0 aliphatic heterocycles. The molecular formula is C21H13F6N3. The lowest BCUT2D eigenvalue weighted by Crippen LogP contribution is -2.14. The van der Waals surface area contributed by atoms with Crippen LogP contribution in [-0.2, 0) is 12.4 Å². The Bertz CT molecular complexity index is 1210. The molecule has 2 aromatic heterocycles. The molecule has 4 aromatic rings. The number of rotatable bonds is 2. The molecule has 9 heteroatoms. The van der Waals surface area contributed by atoms with Crippen LogP contribution in [0.2, 0.25) is 0 Å². The van der Waals surface area contributed by atoms with Gasteiger partial charge in [-0.25, -0.2) is 9.67 Å². The highest BCUT2D eigenvalue weighted by Crippen LogP contribution is 2.42. The van der Waals surface area contributed by atoms with E-state index in [2.05, 4.69) is 10.1 Å². The monoisotopic (exact) mass is 421 g/mol. The molecule has 2 aromatic carbocycles. The number of halogens is 6. The predicted octanol–water partition coefficient (Wildman–Crippen LogP) is 6.43. The highest BCUT2D eigenvalue weighted by molar-refractivity contribution is 5.95. The number of fused-ring (bicyclic) bond motifs is 1. The fourth-order valence-electron chi connectivity index (χ4n) is 3.15. The third kappa shape index (κ3) is 3.51. The third-order valence-corrected chi connectivity index (χ3v) is 4.56. The van der Waals surface area contributed by atoms with E-state index in [1.807, 2.05) is 6.92 Å². The fourth-order valence-corrected chi connectivity index (χ4v) is 3.15. The van der Waals surface area contributed by atoms with Crippen LogP contribution in [-0.4, -0.2) is 14.8 Å². The molecule has 0 unspecified atom stereocenters. The summed E-state index contributed by atoms with van der Waals surface area (Å²) in [4.78, 5) is 3.54. The second-order valence-corrected chi connectivity index (χ2v) is 6.71. The highest BCUT2D eigenvalue weighted by atomic mass is 19.4. The van der Waals surface area contributed by atoms with Crippen LogP contribution in [0.25, 0.3) is 28.0 Å². The summed E-state index contributed by atoms with van der Waals surface area (Å²) in [6.45, 7) is 1.81. The Morgan fingerprint density at radius 2 is 1.43 bits per heavy atom. The van der Waals surface area contributed by atoms with E-state index in [4.69, 9.17) is 0 Å². The number of benzene rings is 2. The second kappa shape index (κ2) is 6.86. The van der Waals surface area contributed by atoms with Crippen molar-refractivity contribution in [3.05, 3.63) is 77.5 Å². The van der Waals surface area contributed by atoms with Gasteiger partial charge in [-0.05, 0) is 25.1 Å². The Morgan fingerprint density at radius 3 is 2.00 bits per heavy atom. The van der Waals surface area contributed by atoms with Crippen LogP contribution in [0.4, 0.5) is 26.3 Å². The number of aryl methyl sites for hydroxylation is 1. The molecule has 0 saturated heterocycles. The van der Waals surface area contributed by atoms with Crippen molar-refractivity contribution in [1.29, 1.82) is 0 Å². The van der Waals surface area contributed by atoms with E-state index in [-0.39, 0.29) is 11.8 Å². The summed E-state index contributed by atoms with van der Waals surface area (Å²) >= 11 is 0. The maximum Gasteiger partial charge on any atom is 0.433 e. The van der Waals surface area contributed by atoms with Crippen LogP contribution in [0.1, 0.15) is 16.8 Å². The molecule has 0 amide bonds. The molecule has 3 nitrogen and oxygen atoms in total. The highest BCUT2D eigenvalue weighted by Gasteiger charge is 2.41. The van der Waals surface area contributed by atoms with E-state index < -0.39 is 34.6 Å². The van der Waals surface area contributed by atoms with Gasteiger partial charge in [-0.1, -0.05) is 48.0 Å². The average Bonchev–Trinajstić information content (AvgIpc) is 3.07. The Kier molecular flexibility index (Phi) is 4.56. The molecule has 0 spiro atoms. The normalized spacial score (nSPS) is 12.5. The van der Waals surface area contributed by atoms with Crippen molar-refractivity contribution in [2.24, 2.45) is 0 Å². The molecule has 154 valence electrons. The molecule has 0 saturated carbocycles. The molecule has 0 N–H and O–H groups in total. The van der Waals surface area contributed by atoms with Gasteiger partial charge in [0.05, 0.1) is 16.6 Å². The summed E-state index contributed by atoms with van der Waals surface area (Å²) in [6.07, 6.45) is -10.1. The number of nitrogens with zero attached hydrogens (tertiary/aromatic N) is 3. The zero-order valence-electron chi connectivity index (χ0n) is 15.4.